The monoisotopic (exact) mass is 444 g/mol. The highest BCUT2D eigenvalue weighted by molar-refractivity contribution is 7.92. The highest BCUT2D eigenvalue weighted by Gasteiger charge is 2.28. The van der Waals surface area contributed by atoms with Crippen molar-refractivity contribution in [2.24, 2.45) is 0 Å². The van der Waals surface area contributed by atoms with Crippen LogP contribution in [0.15, 0.2) is 46.2 Å². The predicted molar refractivity (Wildman–Crippen MR) is 106 cm³/mol. The second-order valence-electron chi connectivity index (χ2n) is 6.95. The average molecular weight is 445 g/mol. The van der Waals surface area contributed by atoms with Gasteiger partial charge in [0.2, 0.25) is 10.0 Å². The van der Waals surface area contributed by atoms with Gasteiger partial charge in [0.05, 0.1) is 10.6 Å². The smallest absolute Gasteiger partial charge is 0.267 e. The number of halogens is 2. The fourth-order valence-electron chi connectivity index (χ4n) is 3.31. The summed E-state index contributed by atoms with van der Waals surface area (Å²) in [6, 6.07) is 6.73. The van der Waals surface area contributed by atoms with Crippen LogP contribution in [0.2, 0.25) is 0 Å². The summed E-state index contributed by atoms with van der Waals surface area (Å²) >= 11 is 0. The first-order valence-corrected chi connectivity index (χ1v) is 12.1. The highest BCUT2D eigenvalue weighted by Crippen LogP contribution is 2.28. The lowest BCUT2D eigenvalue weighted by Crippen LogP contribution is -2.32. The number of sulfonamides is 2. The van der Waals surface area contributed by atoms with Crippen LogP contribution in [0.1, 0.15) is 31.2 Å². The molecule has 29 heavy (non-hydrogen) atoms. The SMILES string of the molecule is Cc1ccc(NS(=O)(=O)c2c(F)cccc2F)cc1S(=O)(=O)N1CCCCCC1. The van der Waals surface area contributed by atoms with Gasteiger partial charge in [-0.05, 0) is 49.6 Å². The Bertz CT molecular complexity index is 1090. The molecule has 1 aliphatic heterocycles. The Balaban J connectivity index is 1.97. The van der Waals surface area contributed by atoms with Crippen LogP contribution in [-0.2, 0) is 20.0 Å². The van der Waals surface area contributed by atoms with E-state index in [9.17, 15) is 25.6 Å². The van der Waals surface area contributed by atoms with Crippen molar-refractivity contribution in [1.29, 1.82) is 0 Å². The molecule has 0 radical (unpaired) electrons. The molecule has 3 rings (SSSR count). The van der Waals surface area contributed by atoms with E-state index in [1.54, 1.807) is 6.92 Å². The molecule has 0 saturated carbocycles. The zero-order valence-electron chi connectivity index (χ0n) is 15.9. The molecule has 0 aromatic heterocycles. The van der Waals surface area contributed by atoms with Gasteiger partial charge in [-0.15, -0.1) is 0 Å². The third-order valence-electron chi connectivity index (χ3n) is 4.81. The second kappa shape index (κ2) is 8.37. The van der Waals surface area contributed by atoms with Gasteiger partial charge in [-0.1, -0.05) is 25.0 Å². The van der Waals surface area contributed by atoms with Crippen LogP contribution in [0, 0.1) is 18.6 Å². The molecule has 0 bridgehead atoms. The Labute approximate surface area is 169 Å². The van der Waals surface area contributed by atoms with Crippen molar-refractivity contribution in [3.05, 3.63) is 53.6 Å². The van der Waals surface area contributed by atoms with Crippen LogP contribution in [0.4, 0.5) is 14.5 Å². The Morgan fingerprint density at radius 1 is 0.897 bits per heavy atom. The van der Waals surface area contributed by atoms with E-state index in [0.717, 1.165) is 43.9 Å². The van der Waals surface area contributed by atoms with Crippen molar-refractivity contribution < 1.29 is 25.6 Å². The summed E-state index contributed by atoms with van der Waals surface area (Å²) in [6.07, 6.45) is 3.44. The van der Waals surface area contributed by atoms with E-state index >= 15 is 0 Å². The first kappa shape index (κ1) is 21.7. The van der Waals surface area contributed by atoms with Crippen molar-refractivity contribution >= 4 is 25.7 Å². The zero-order chi connectivity index (χ0) is 21.2. The molecule has 1 N–H and O–H groups in total. The molecule has 0 amide bonds. The maximum Gasteiger partial charge on any atom is 0.267 e. The summed E-state index contributed by atoms with van der Waals surface area (Å²) in [7, 11) is -8.41. The largest absolute Gasteiger partial charge is 0.279 e. The molecule has 6 nitrogen and oxygen atoms in total. The fourth-order valence-corrected chi connectivity index (χ4v) is 6.26. The van der Waals surface area contributed by atoms with Crippen LogP contribution < -0.4 is 4.72 Å². The summed E-state index contributed by atoms with van der Waals surface area (Å²) in [5, 5.41) is 0. The van der Waals surface area contributed by atoms with Crippen molar-refractivity contribution in [2.75, 3.05) is 17.8 Å². The van der Waals surface area contributed by atoms with Crippen molar-refractivity contribution in [2.45, 2.75) is 42.4 Å². The molecule has 1 heterocycles. The van der Waals surface area contributed by atoms with Crippen LogP contribution in [0.25, 0.3) is 0 Å². The maximum absolute atomic E-state index is 13.9. The number of aryl methyl sites for hydroxylation is 1. The van der Waals surface area contributed by atoms with Gasteiger partial charge in [-0.25, -0.2) is 25.6 Å². The molecule has 10 heteroatoms. The standard InChI is InChI=1S/C19H22F2N2O4S2/c1-14-9-10-15(22-28(24,25)19-16(20)7-6-8-17(19)21)13-18(14)29(26,27)23-11-4-2-3-5-12-23/h6-10,13,22H,2-5,11-12H2,1H3. The number of anilines is 1. The van der Waals surface area contributed by atoms with Crippen molar-refractivity contribution in [3.8, 4) is 0 Å². The van der Waals surface area contributed by atoms with E-state index in [4.69, 9.17) is 0 Å². The van der Waals surface area contributed by atoms with Crippen LogP contribution in [0.5, 0.6) is 0 Å². The Hall–Kier alpha value is -2.04. The molecule has 2 aromatic carbocycles. The van der Waals surface area contributed by atoms with Gasteiger partial charge in [0.1, 0.15) is 11.6 Å². The van der Waals surface area contributed by atoms with E-state index in [1.807, 2.05) is 0 Å². The number of nitrogens with one attached hydrogen (secondary N) is 1. The van der Waals surface area contributed by atoms with E-state index in [0.29, 0.717) is 18.7 Å². The molecule has 1 aliphatic rings. The van der Waals surface area contributed by atoms with Gasteiger partial charge in [0, 0.05) is 13.1 Å². The molecule has 0 atom stereocenters. The molecule has 158 valence electrons. The molecule has 2 aromatic rings. The molecular weight excluding hydrogens is 422 g/mol. The number of hydrogen-bond acceptors (Lipinski definition) is 4. The van der Waals surface area contributed by atoms with E-state index < -0.39 is 36.6 Å². The second-order valence-corrected chi connectivity index (χ2v) is 10.5. The van der Waals surface area contributed by atoms with Crippen molar-refractivity contribution in [3.63, 3.8) is 0 Å². The van der Waals surface area contributed by atoms with Gasteiger partial charge in [-0.3, -0.25) is 4.72 Å². The van der Waals surface area contributed by atoms with Crippen LogP contribution in [0.3, 0.4) is 0 Å². The summed E-state index contributed by atoms with van der Waals surface area (Å²) in [5.41, 5.74) is 0.362. The third-order valence-corrected chi connectivity index (χ3v) is 8.28. The minimum atomic E-state index is -4.59. The van der Waals surface area contributed by atoms with Gasteiger partial charge in [0.25, 0.3) is 10.0 Å². The van der Waals surface area contributed by atoms with Gasteiger partial charge in [0.15, 0.2) is 4.90 Å². The summed E-state index contributed by atoms with van der Waals surface area (Å²) in [4.78, 5) is -1.15. The normalized spacial score (nSPS) is 16.4. The lowest BCUT2D eigenvalue weighted by molar-refractivity contribution is 0.423. The summed E-state index contributed by atoms with van der Waals surface area (Å²) in [6.45, 7) is 2.41. The first-order chi connectivity index (χ1) is 13.6. The third kappa shape index (κ3) is 4.59. The quantitative estimate of drug-likeness (QED) is 0.763. The topological polar surface area (TPSA) is 83.5 Å². The van der Waals surface area contributed by atoms with Crippen LogP contribution >= 0.6 is 0 Å². The number of hydrogen-bond donors (Lipinski definition) is 1. The fraction of sp³-hybridized carbons (Fsp3) is 0.368. The molecule has 1 saturated heterocycles. The Morgan fingerprint density at radius 3 is 2.07 bits per heavy atom. The molecular formula is C19H22F2N2O4S2. The zero-order valence-corrected chi connectivity index (χ0v) is 17.5. The van der Waals surface area contributed by atoms with Crippen LogP contribution in [-0.4, -0.2) is 34.2 Å². The van der Waals surface area contributed by atoms with E-state index in [1.165, 1.54) is 22.5 Å². The highest BCUT2D eigenvalue weighted by atomic mass is 32.2. The van der Waals surface area contributed by atoms with Gasteiger partial charge in [-0.2, -0.15) is 4.31 Å². The Morgan fingerprint density at radius 2 is 1.48 bits per heavy atom. The van der Waals surface area contributed by atoms with E-state index in [-0.39, 0.29) is 10.6 Å². The molecule has 0 unspecified atom stereocenters. The predicted octanol–water partition coefficient (Wildman–Crippen LogP) is 3.64. The molecule has 0 spiro atoms. The lowest BCUT2D eigenvalue weighted by Gasteiger charge is -2.21. The number of rotatable bonds is 5. The van der Waals surface area contributed by atoms with E-state index in [2.05, 4.69) is 4.72 Å². The average Bonchev–Trinajstić information content (AvgIpc) is 2.92. The number of nitrogens with zero attached hydrogens (tertiary/aromatic N) is 1. The maximum atomic E-state index is 13.9. The van der Waals surface area contributed by atoms with Crippen molar-refractivity contribution in [1.82, 2.24) is 4.31 Å². The molecule has 0 aliphatic carbocycles. The molecule has 1 fully saturated rings. The minimum absolute atomic E-state index is 0.0337. The Kier molecular flexibility index (Phi) is 6.25. The number of benzene rings is 2. The first-order valence-electron chi connectivity index (χ1n) is 9.20. The minimum Gasteiger partial charge on any atom is -0.279 e. The lowest BCUT2D eigenvalue weighted by atomic mass is 10.2. The van der Waals surface area contributed by atoms with Gasteiger partial charge < -0.3 is 0 Å². The summed E-state index contributed by atoms with van der Waals surface area (Å²) in [5.74, 6) is -2.47. The van der Waals surface area contributed by atoms with Gasteiger partial charge >= 0.3 is 0 Å². The summed E-state index contributed by atoms with van der Waals surface area (Å²) < 4.78 is 82.4.